The molecule has 0 heterocycles. The molecule has 0 aromatic rings. The lowest BCUT2D eigenvalue weighted by atomic mass is 10.1. The van der Waals surface area contributed by atoms with Crippen LogP contribution >= 0.6 is 0 Å². The lowest BCUT2D eigenvalue weighted by Crippen LogP contribution is -2.47. The van der Waals surface area contributed by atoms with E-state index >= 15 is 0 Å². The zero-order valence-electron chi connectivity index (χ0n) is 20.2. The van der Waals surface area contributed by atoms with Gasteiger partial charge >= 0.3 is 8.56 Å². The number of rotatable bonds is 18. The molecule has 0 aliphatic heterocycles. The van der Waals surface area contributed by atoms with Crippen molar-refractivity contribution in [2.75, 3.05) is 47.5 Å². The number of ether oxygens (including phenoxy) is 1. The molecule has 0 aliphatic rings. The van der Waals surface area contributed by atoms with Gasteiger partial charge in [-0.25, -0.2) is 0 Å². The first kappa shape index (κ1) is 28.2. The second-order valence-corrected chi connectivity index (χ2v) is 18.0. The molecule has 0 aromatic heterocycles. The number of aliphatic hydroxyl groups excluding tert-OH is 1. The van der Waals surface area contributed by atoms with Crippen molar-refractivity contribution in [3.8, 4) is 0 Å². The normalized spacial score (nSPS) is 14.5. The zero-order valence-corrected chi connectivity index (χ0v) is 22.2. The molecule has 0 rings (SSSR count). The Morgan fingerprint density at radius 3 is 2.14 bits per heavy atom. The Morgan fingerprint density at radius 2 is 1.54 bits per heavy atom. The van der Waals surface area contributed by atoms with E-state index in [9.17, 15) is 5.11 Å². The summed E-state index contributed by atoms with van der Waals surface area (Å²) in [7, 11) is 2.49. The number of unbranched alkanes of at least 4 members (excludes halogenated alkanes) is 5. The molecule has 0 fully saturated rings. The lowest BCUT2D eigenvalue weighted by Gasteiger charge is -2.32. The third-order valence-corrected chi connectivity index (χ3v) is 11.9. The number of likely N-dealkylation sites (N-methyl/N-ethyl adjacent to an activating group) is 1. The van der Waals surface area contributed by atoms with Crippen LogP contribution in [0, 0.1) is 0 Å². The molecule has 1 atom stereocenters. The first-order valence-electron chi connectivity index (χ1n) is 11.3. The van der Waals surface area contributed by atoms with Gasteiger partial charge in [0.2, 0.25) is 0 Å². The van der Waals surface area contributed by atoms with Crippen LogP contribution in [0.3, 0.4) is 0 Å². The van der Waals surface area contributed by atoms with Gasteiger partial charge in [-0.3, -0.25) is 0 Å². The fourth-order valence-electron chi connectivity index (χ4n) is 3.61. The summed E-state index contributed by atoms with van der Waals surface area (Å²) < 4.78 is 18.4. The van der Waals surface area contributed by atoms with Gasteiger partial charge in [0.05, 0.1) is 27.2 Å². The molecule has 0 aliphatic carbocycles. The molecular weight excluding hydrogens is 386 g/mol. The summed E-state index contributed by atoms with van der Waals surface area (Å²) in [6.45, 7) is 13.9. The van der Waals surface area contributed by atoms with E-state index in [1.54, 1.807) is 7.11 Å². The number of hydrogen-bond donors (Lipinski definition) is 1. The second kappa shape index (κ2) is 14.3. The van der Waals surface area contributed by atoms with E-state index in [4.69, 9.17) is 13.3 Å². The van der Waals surface area contributed by atoms with Crippen molar-refractivity contribution < 1.29 is 22.9 Å². The van der Waals surface area contributed by atoms with Crippen molar-refractivity contribution in [3.63, 3.8) is 0 Å². The smallest absolute Gasteiger partial charge is 0.321 e. The highest BCUT2D eigenvalue weighted by Crippen LogP contribution is 2.20. The molecule has 5 nitrogen and oxygen atoms in total. The van der Waals surface area contributed by atoms with Gasteiger partial charge < -0.3 is 22.9 Å². The van der Waals surface area contributed by atoms with Crippen LogP contribution in [-0.2, 0) is 13.3 Å². The maximum atomic E-state index is 10.3. The molecule has 1 N–H and O–H groups in total. The molecule has 170 valence electrons. The van der Waals surface area contributed by atoms with Gasteiger partial charge in [0, 0.05) is 13.7 Å². The van der Waals surface area contributed by atoms with Gasteiger partial charge in [0.15, 0.2) is 8.32 Å². The quantitative estimate of drug-likeness (QED) is 0.191. The zero-order chi connectivity index (χ0) is 21.7. The Bertz CT molecular complexity index is 393. The average molecular weight is 437 g/mol. The van der Waals surface area contributed by atoms with E-state index in [2.05, 4.69) is 47.2 Å². The first-order valence-corrected chi connectivity index (χ1v) is 17.2. The van der Waals surface area contributed by atoms with E-state index in [0.29, 0.717) is 13.2 Å². The average Bonchev–Trinajstić information content (AvgIpc) is 2.56. The van der Waals surface area contributed by atoms with E-state index < -0.39 is 23.0 Å². The van der Waals surface area contributed by atoms with E-state index in [-0.39, 0.29) is 0 Å². The van der Waals surface area contributed by atoms with Crippen LogP contribution in [0.25, 0.3) is 0 Å². The number of nitrogens with zero attached hydrogens (tertiary/aromatic N) is 1. The summed E-state index contributed by atoms with van der Waals surface area (Å²) in [4.78, 5) is 0. The Labute approximate surface area is 177 Å². The SMILES string of the molecule is CCCCCCCC[N+](C)(C)CC(O)COCCC[Si](C)(C)O[Si](C)(C)OC. The van der Waals surface area contributed by atoms with Crippen LogP contribution in [0.2, 0.25) is 32.2 Å². The Morgan fingerprint density at radius 1 is 0.929 bits per heavy atom. The molecule has 0 saturated heterocycles. The highest BCUT2D eigenvalue weighted by molar-refractivity contribution is 6.82. The monoisotopic (exact) mass is 436 g/mol. The minimum absolute atomic E-state index is 0.392. The highest BCUT2D eigenvalue weighted by Gasteiger charge is 2.33. The predicted octanol–water partition coefficient (Wildman–Crippen LogP) is 4.76. The molecule has 1 unspecified atom stereocenters. The summed E-state index contributed by atoms with van der Waals surface area (Å²) in [5.74, 6) is 0. The number of aliphatic hydroxyl groups is 1. The number of hydrogen-bond acceptors (Lipinski definition) is 4. The maximum absolute atomic E-state index is 10.3. The minimum Gasteiger partial charge on any atom is -0.436 e. The van der Waals surface area contributed by atoms with Gasteiger partial charge in [-0.05, 0) is 51.5 Å². The third kappa shape index (κ3) is 16.1. The second-order valence-electron chi connectivity index (χ2n) is 9.91. The van der Waals surface area contributed by atoms with Gasteiger partial charge in [0.25, 0.3) is 0 Å². The summed E-state index contributed by atoms with van der Waals surface area (Å²) in [5, 5.41) is 10.3. The van der Waals surface area contributed by atoms with Gasteiger partial charge in [-0.2, -0.15) is 0 Å². The van der Waals surface area contributed by atoms with E-state index in [1.807, 2.05) is 0 Å². The summed E-state index contributed by atoms with van der Waals surface area (Å²) in [6, 6.07) is 1.06. The van der Waals surface area contributed by atoms with Gasteiger partial charge in [0.1, 0.15) is 12.6 Å². The molecule has 0 saturated carbocycles. The predicted molar refractivity (Wildman–Crippen MR) is 125 cm³/mol. The van der Waals surface area contributed by atoms with Crippen LogP contribution in [0.4, 0.5) is 0 Å². The van der Waals surface area contributed by atoms with Crippen molar-refractivity contribution in [2.24, 2.45) is 0 Å². The topological polar surface area (TPSA) is 47.9 Å². The van der Waals surface area contributed by atoms with Crippen molar-refractivity contribution in [1.82, 2.24) is 0 Å². The molecular formula is C21H50NO4Si2+. The molecule has 0 radical (unpaired) electrons. The standard InChI is InChI=1S/C21H50NO4Si2/c1-9-10-11-12-13-14-16-22(2,3)19-21(23)20-25-17-15-18-27(5,6)26-28(7,8)24-4/h21,23H,9-20H2,1-8H3/q+1. The molecule has 7 heteroatoms. The Hall–Kier alpha value is 0.234. The maximum Gasteiger partial charge on any atom is 0.321 e. The van der Waals surface area contributed by atoms with E-state index in [1.165, 1.54) is 38.5 Å². The van der Waals surface area contributed by atoms with Gasteiger partial charge in [-0.1, -0.05) is 32.6 Å². The van der Waals surface area contributed by atoms with Crippen LogP contribution in [0.1, 0.15) is 51.9 Å². The minimum atomic E-state index is -1.97. The van der Waals surface area contributed by atoms with Gasteiger partial charge in [-0.15, -0.1) is 0 Å². The first-order chi connectivity index (χ1) is 12.9. The molecule has 0 spiro atoms. The summed E-state index contributed by atoms with van der Waals surface area (Å²) in [5.41, 5.74) is 0. The van der Waals surface area contributed by atoms with Crippen molar-refractivity contribution in [2.45, 2.75) is 90.2 Å². The molecule has 0 bridgehead atoms. The Balaban J connectivity index is 3.89. The fourth-order valence-corrected chi connectivity index (χ4v) is 10.7. The van der Waals surface area contributed by atoms with Crippen LogP contribution in [0.15, 0.2) is 0 Å². The highest BCUT2D eigenvalue weighted by atomic mass is 28.4. The van der Waals surface area contributed by atoms with Crippen molar-refractivity contribution in [1.29, 1.82) is 0 Å². The third-order valence-electron chi connectivity index (χ3n) is 5.21. The van der Waals surface area contributed by atoms with Crippen LogP contribution in [0.5, 0.6) is 0 Å². The van der Waals surface area contributed by atoms with Crippen LogP contribution in [-0.4, -0.2) is 80.1 Å². The largest absolute Gasteiger partial charge is 0.436 e. The van der Waals surface area contributed by atoms with Crippen molar-refractivity contribution >= 4 is 16.9 Å². The Kier molecular flexibility index (Phi) is 14.4. The van der Waals surface area contributed by atoms with Crippen molar-refractivity contribution in [3.05, 3.63) is 0 Å². The fraction of sp³-hybridized carbons (Fsp3) is 1.00. The number of quaternary nitrogens is 1. The molecule has 28 heavy (non-hydrogen) atoms. The van der Waals surface area contributed by atoms with Crippen LogP contribution < -0.4 is 0 Å². The summed E-state index contributed by atoms with van der Waals surface area (Å²) >= 11 is 0. The molecule has 0 aromatic carbocycles. The van der Waals surface area contributed by atoms with E-state index in [0.717, 1.165) is 30.0 Å². The molecule has 0 amide bonds. The summed E-state index contributed by atoms with van der Waals surface area (Å²) in [6.07, 6.45) is 8.49. The lowest BCUT2D eigenvalue weighted by molar-refractivity contribution is -0.893.